The summed E-state index contributed by atoms with van der Waals surface area (Å²) < 4.78 is 0. The van der Waals surface area contributed by atoms with Crippen LogP contribution in [0.4, 0.5) is 0 Å². The second-order valence-electron chi connectivity index (χ2n) is 3.33. The summed E-state index contributed by atoms with van der Waals surface area (Å²) in [7, 11) is 0. The monoisotopic (exact) mass is 272 g/mol. The molecule has 0 saturated carbocycles. The van der Waals surface area contributed by atoms with Crippen LogP contribution >= 0.6 is 23.8 Å². The molecule has 1 aromatic rings. The van der Waals surface area contributed by atoms with Crippen LogP contribution in [-0.4, -0.2) is 31.1 Å². The van der Waals surface area contributed by atoms with E-state index in [9.17, 15) is 25.2 Å². The number of Topliss-reactive ketones (excluding diaryl/α,β-unsaturated/α-hetero) is 1. The third kappa shape index (κ3) is 1.45. The van der Waals surface area contributed by atoms with Gasteiger partial charge in [-0.05, 0) is 0 Å². The first-order valence-electron chi connectivity index (χ1n) is 4.32. The maximum absolute atomic E-state index is 11.7. The lowest BCUT2D eigenvalue weighted by Crippen LogP contribution is -2.19. The second-order valence-corrected chi connectivity index (χ2v) is 4.12. The van der Waals surface area contributed by atoms with E-state index in [1.54, 1.807) is 0 Å². The van der Waals surface area contributed by atoms with Crippen LogP contribution in [0.25, 0.3) is 0 Å². The van der Waals surface area contributed by atoms with Crippen LogP contribution in [0.15, 0.2) is 16.9 Å². The van der Waals surface area contributed by atoms with Gasteiger partial charge in [0.05, 0.1) is 16.0 Å². The highest BCUT2D eigenvalue weighted by Gasteiger charge is 2.35. The molecule has 0 fully saturated rings. The number of aliphatic hydroxyl groups is 1. The van der Waals surface area contributed by atoms with Crippen molar-refractivity contribution in [1.82, 2.24) is 0 Å². The fraction of sp³-hybridized carbons (Fsp3) is 0. The lowest BCUT2D eigenvalue weighted by Gasteiger charge is -2.18. The lowest BCUT2D eigenvalue weighted by molar-refractivity contribution is 0.103. The molecule has 0 atom stereocenters. The number of fused-ring (bicyclic) bond motifs is 1. The molecule has 0 saturated heterocycles. The van der Waals surface area contributed by atoms with Crippen molar-refractivity contribution in [3.63, 3.8) is 0 Å². The first-order valence-corrected chi connectivity index (χ1v) is 5.11. The standard InChI is InChI=1S/C10H5ClO5S/c11-6-8(15)5-4(10(17)9(6)16)2(12)1-3(13)7(5)14/h1,12-14,16H. The van der Waals surface area contributed by atoms with E-state index in [2.05, 4.69) is 0 Å². The van der Waals surface area contributed by atoms with E-state index in [1.807, 2.05) is 0 Å². The van der Waals surface area contributed by atoms with Crippen molar-refractivity contribution < 1.29 is 25.2 Å². The van der Waals surface area contributed by atoms with E-state index < -0.39 is 39.4 Å². The van der Waals surface area contributed by atoms with E-state index in [0.29, 0.717) is 0 Å². The van der Waals surface area contributed by atoms with Gasteiger partial charge in [-0.1, -0.05) is 23.8 Å². The molecule has 0 aromatic heterocycles. The molecule has 17 heavy (non-hydrogen) atoms. The summed E-state index contributed by atoms with van der Waals surface area (Å²) in [4.78, 5) is 11.4. The number of aliphatic hydroxyl groups excluding tert-OH is 1. The Morgan fingerprint density at radius 2 is 1.65 bits per heavy atom. The van der Waals surface area contributed by atoms with Crippen molar-refractivity contribution in [2.45, 2.75) is 0 Å². The minimum absolute atomic E-state index is 0.220. The number of benzene rings is 1. The van der Waals surface area contributed by atoms with Gasteiger partial charge in [-0.15, -0.1) is 0 Å². The number of phenolic OH excluding ortho intramolecular Hbond substituents is 3. The summed E-state index contributed by atoms with van der Waals surface area (Å²) in [6, 6.07) is 0.820. The minimum Gasteiger partial charge on any atom is -0.507 e. The zero-order valence-corrected chi connectivity index (χ0v) is 9.63. The summed E-state index contributed by atoms with van der Waals surface area (Å²) >= 11 is 10.3. The van der Waals surface area contributed by atoms with Crippen molar-refractivity contribution >= 4 is 34.5 Å². The Bertz CT molecular complexity index is 605. The van der Waals surface area contributed by atoms with E-state index in [1.165, 1.54) is 0 Å². The molecular formula is C10H5ClO5S. The molecule has 2 rings (SSSR count). The Labute approximate surface area is 105 Å². The molecule has 0 unspecified atom stereocenters. The summed E-state index contributed by atoms with van der Waals surface area (Å²) in [6.45, 7) is 0. The first kappa shape index (κ1) is 11.7. The van der Waals surface area contributed by atoms with Crippen molar-refractivity contribution in [3.8, 4) is 17.2 Å². The van der Waals surface area contributed by atoms with Crippen molar-refractivity contribution in [2.24, 2.45) is 0 Å². The molecule has 0 heterocycles. The average Bonchev–Trinajstić information content (AvgIpc) is 2.28. The Hall–Kier alpha value is -1.79. The second kappa shape index (κ2) is 3.61. The largest absolute Gasteiger partial charge is 0.507 e. The van der Waals surface area contributed by atoms with Gasteiger partial charge in [0.1, 0.15) is 10.8 Å². The number of hydrogen-bond donors (Lipinski definition) is 4. The smallest absolute Gasteiger partial charge is 0.212 e. The van der Waals surface area contributed by atoms with Crippen molar-refractivity contribution in [1.29, 1.82) is 0 Å². The van der Waals surface area contributed by atoms with Crippen LogP contribution in [0, 0.1) is 0 Å². The molecule has 0 bridgehead atoms. The van der Waals surface area contributed by atoms with Gasteiger partial charge in [0, 0.05) is 6.07 Å². The molecule has 4 N–H and O–H groups in total. The average molecular weight is 273 g/mol. The number of phenols is 3. The van der Waals surface area contributed by atoms with Gasteiger partial charge in [0.15, 0.2) is 17.3 Å². The molecule has 0 radical (unpaired) electrons. The highest BCUT2D eigenvalue weighted by atomic mass is 35.5. The SMILES string of the molecule is O=C1C(Cl)=C(O)C(=S)c2c(O)cc(O)c(O)c21. The Morgan fingerprint density at radius 3 is 2.24 bits per heavy atom. The van der Waals surface area contributed by atoms with Crippen LogP contribution in [0.3, 0.4) is 0 Å². The number of halogens is 1. The number of aromatic hydroxyl groups is 3. The van der Waals surface area contributed by atoms with Gasteiger partial charge < -0.3 is 20.4 Å². The maximum Gasteiger partial charge on any atom is 0.212 e. The zero-order chi connectivity index (χ0) is 12.9. The van der Waals surface area contributed by atoms with Gasteiger partial charge in [-0.2, -0.15) is 0 Å². The molecule has 0 amide bonds. The van der Waals surface area contributed by atoms with Crippen molar-refractivity contribution in [2.75, 3.05) is 0 Å². The number of thiocarbonyl (C=S) groups is 1. The fourth-order valence-corrected chi connectivity index (χ4v) is 2.08. The van der Waals surface area contributed by atoms with Gasteiger partial charge in [0.2, 0.25) is 5.78 Å². The highest BCUT2D eigenvalue weighted by Crippen LogP contribution is 2.43. The number of ketones is 1. The third-order valence-corrected chi connectivity index (χ3v) is 3.08. The molecule has 7 heteroatoms. The minimum atomic E-state index is -0.920. The summed E-state index contributed by atoms with van der Waals surface area (Å²) in [6.07, 6.45) is 0. The molecule has 88 valence electrons. The van der Waals surface area contributed by atoms with E-state index >= 15 is 0 Å². The summed E-state index contributed by atoms with van der Waals surface area (Å²) in [5, 5.41) is 37.3. The van der Waals surface area contributed by atoms with Crippen LogP contribution < -0.4 is 0 Å². The van der Waals surface area contributed by atoms with Crippen molar-refractivity contribution in [3.05, 3.63) is 28.0 Å². The molecule has 0 spiro atoms. The van der Waals surface area contributed by atoms with E-state index in [-0.39, 0.29) is 10.4 Å². The Morgan fingerprint density at radius 1 is 1.06 bits per heavy atom. The van der Waals surface area contributed by atoms with Gasteiger partial charge in [-0.25, -0.2) is 0 Å². The number of hydrogen-bond acceptors (Lipinski definition) is 6. The normalized spacial score (nSPS) is 15.1. The van der Waals surface area contributed by atoms with E-state index in [0.717, 1.165) is 6.07 Å². The Balaban J connectivity index is 2.90. The van der Waals surface area contributed by atoms with Crippen LogP contribution in [0.2, 0.25) is 0 Å². The predicted molar refractivity (Wildman–Crippen MR) is 63.0 cm³/mol. The number of carbonyl (C=O) groups excluding carboxylic acids is 1. The first-order chi connectivity index (χ1) is 7.86. The number of carbonyl (C=O) groups is 1. The molecule has 1 aliphatic carbocycles. The topological polar surface area (TPSA) is 98.0 Å². The third-order valence-electron chi connectivity index (χ3n) is 2.34. The lowest BCUT2D eigenvalue weighted by atomic mass is 9.92. The summed E-state index contributed by atoms with van der Waals surface area (Å²) in [5.74, 6) is -3.50. The van der Waals surface area contributed by atoms with Crippen LogP contribution in [0.1, 0.15) is 15.9 Å². The summed E-state index contributed by atoms with van der Waals surface area (Å²) in [5.41, 5.74) is -0.641. The zero-order valence-electron chi connectivity index (χ0n) is 8.06. The molecule has 1 aromatic carbocycles. The van der Waals surface area contributed by atoms with E-state index in [4.69, 9.17) is 23.8 Å². The molecular weight excluding hydrogens is 268 g/mol. The van der Waals surface area contributed by atoms with Gasteiger partial charge in [-0.3, -0.25) is 4.79 Å². The number of allylic oxidation sites excluding steroid dienone is 2. The maximum atomic E-state index is 11.7. The Kier molecular flexibility index (Phi) is 2.48. The predicted octanol–water partition coefficient (Wildman–Crippen LogP) is 1.73. The van der Waals surface area contributed by atoms with Crippen LogP contribution in [-0.2, 0) is 0 Å². The highest BCUT2D eigenvalue weighted by molar-refractivity contribution is 7.81. The molecule has 0 aliphatic heterocycles. The number of rotatable bonds is 0. The van der Waals surface area contributed by atoms with Gasteiger partial charge in [0.25, 0.3) is 0 Å². The van der Waals surface area contributed by atoms with Gasteiger partial charge >= 0.3 is 0 Å². The molecule has 1 aliphatic rings. The quantitative estimate of drug-likeness (QED) is 0.326. The molecule has 5 nitrogen and oxygen atoms in total. The fourth-order valence-electron chi connectivity index (χ4n) is 1.53. The van der Waals surface area contributed by atoms with Crippen LogP contribution in [0.5, 0.6) is 17.2 Å².